The number of aryl methyl sites for hydroxylation is 1. The number of nitro groups is 1. The van der Waals surface area contributed by atoms with Crippen LogP contribution in [0, 0.1) is 10.1 Å². The predicted molar refractivity (Wildman–Crippen MR) is 102 cm³/mol. The molecule has 1 fully saturated rings. The first kappa shape index (κ1) is 19.2. The molecule has 3 heterocycles. The summed E-state index contributed by atoms with van der Waals surface area (Å²) >= 11 is 0. The van der Waals surface area contributed by atoms with E-state index >= 15 is 0 Å². The molecule has 29 heavy (non-hydrogen) atoms. The number of carbonyl (C=O) groups is 1. The number of hydrogen-bond acceptors (Lipinski definition) is 9. The van der Waals surface area contributed by atoms with E-state index in [0.29, 0.717) is 35.8 Å². The van der Waals surface area contributed by atoms with Crippen molar-refractivity contribution < 1.29 is 14.1 Å². The fourth-order valence-corrected chi connectivity index (χ4v) is 3.23. The first-order valence-corrected chi connectivity index (χ1v) is 9.37. The van der Waals surface area contributed by atoms with Crippen molar-refractivity contribution in [3.05, 3.63) is 45.9 Å². The number of likely N-dealkylation sites (N-methyl/N-ethyl adjacent to an activating group) is 1. The van der Waals surface area contributed by atoms with E-state index < -0.39 is 4.92 Å². The lowest BCUT2D eigenvalue weighted by Crippen LogP contribution is -2.43. The number of nitrogens with one attached hydrogen (secondary N) is 1. The molecule has 0 amide bonds. The van der Waals surface area contributed by atoms with E-state index in [1.807, 2.05) is 0 Å². The summed E-state index contributed by atoms with van der Waals surface area (Å²) in [5, 5.41) is 19.0. The standard InChI is InChI=1S/C18H21N7O4/c1-23-6-8-24(9-7-23)11-17-22-21-16(29-17)5-4-15(26)18-19-13-3-2-12(25(27)28)10-14(13)20-18/h2-3,10H,4-9,11H2,1H3,(H,19,20). The maximum Gasteiger partial charge on any atom is 0.271 e. The van der Waals surface area contributed by atoms with Gasteiger partial charge in [0.1, 0.15) is 0 Å². The second-order valence-corrected chi connectivity index (χ2v) is 7.14. The number of piperazine rings is 1. The van der Waals surface area contributed by atoms with Crippen LogP contribution in [0.4, 0.5) is 5.69 Å². The highest BCUT2D eigenvalue weighted by atomic mass is 16.6. The van der Waals surface area contributed by atoms with Gasteiger partial charge in [0, 0.05) is 51.2 Å². The van der Waals surface area contributed by atoms with E-state index in [2.05, 4.69) is 37.0 Å². The quantitative estimate of drug-likeness (QED) is 0.355. The smallest absolute Gasteiger partial charge is 0.271 e. The molecule has 4 rings (SSSR count). The molecule has 1 aromatic carbocycles. The molecule has 0 spiro atoms. The SMILES string of the molecule is CN1CCN(Cc2nnc(CCC(=O)c3nc4ccc([N+](=O)[O-])cc4[nH]3)o2)CC1. The van der Waals surface area contributed by atoms with Crippen LogP contribution in [0.5, 0.6) is 0 Å². The molecule has 0 radical (unpaired) electrons. The van der Waals surface area contributed by atoms with Crippen LogP contribution in [0.3, 0.4) is 0 Å². The van der Waals surface area contributed by atoms with Crippen molar-refractivity contribution in [2.45, 2.75) is 19.4 Å². The number of carbonyl (C=O) groups excluding carboxylic acids is 1. The maximum absolute atomic E-state index is 12.4. The lowest BCUT2D eigenvalue weighted by Gasteiger charge is -2.31. The molecule has 1 N–H and O–H groups in total. The third-order valence-electron chi connectivity index (χ3n) is 4.97. The molecule has 1 aliphatic rings. The van der Waals surface area contributed by atoms with Crippen molar-refractivity contribution in [2.24, 2.45) is 0 Å². The number of ketones is 1. The zero-order valence-corrected chi connectivity index (χ0v) is 16.0. The van der Waals surface area contributed by atoms with E-state index in [4.69, 9.17) is 4.42 Å². The van der Waals surface area contributed by atoms with Crippen LogP contribution >= 0.6 is 0 Å². The third kappa shape index (κ3) is 4.46. The number of aromatic amines is 1. The Labute approximate surface area is 165 Å². The number of imidazole rings is 1. The summed E-state index contributed by atoms with van der Waals surface area (Å²) in [7, 11) is 2.10. The van der Waals surface area contributed by atoms with Crippen molar-refractivity contribution >= 4 is 22.5 Å². The summed E-state index contributed by atoms with van der Waals surface area (Å²) in [6.45, 7) is 4.54. The van der Waals surface area contributed by atoms with Crippen LogP contribution in [0.15, 0.2) is 22.6 Å². The van der Waals surface area contributed by atoms with Gasteiger partial charge in [-0.25, -0.2) is 4.98 Å². The second-order valence-electron chi connectivity index (χ2n) is 7.14. The number of rotatable bonds is 7. The van der Waals surface area contributed by atoms with Crippen LogP contribution in [0.1, 0.15) is 28.8 Å². The highest BCUT2D eigenvalue weighted by Crippen LogP contribution is 2.19. The van der Waals surface area contributed by atoms with Gasteiger partial charge in [-0.2, -0.15) is 0 Å². The molecule has 11 heteroatoms. The lowest BCUT2D eigenvalue weighted by atomic mass is 10.2. The third-order valence-corrected chi connectivity index (χ3v) is 4.97. The number of nitrogens with zero attached hydrogens (tertiary/aromatic N) is 6. The molecular weight excluding hydrogens is 378 g/mol. The molecule has 3 aromatic rings. The van der Waals surface area contributed by atoms with Crippen LogP contribution < -0.4 is 0 Å². The number of hydrogen-bond donors (Lipinski definition) is 1. The number of H-pyrrole nitrogens is 1. The monoisotopic (exact) mass is 399 g/mol. The molecule has 1 saturated heterocycles. The Balaban J connectivity index is 1.34. The fraction of sp³-hybridized carbons (Fsp3) is 0.444. The topological polar surface area (TPSA) is 134 Å². The minimum atomic E-state index is -0.489. The molecule has 1 aliphatic heterocycles. The summed E-state index contributed by atoms with van der Waals surface area (Å²) in [4.78, 5) is 34.4. The molecule has 0 aliphatic carbocycles. The van der Waals surface area contributed by atoms with Crippen molar-refractivity contribution in [3.8, 4) is 0 Å². The van der Waals surface area contributed by atoms with Crippen molar-refractivity contribution in [2.75, 3.05) is 33.2 Å². The van der Waals surface area contributed by atoms with Gasteiger partial charge in [-0.15, -0.1) is 10.2 Å². The molecule has 2 aromatic heterocycles. The minimum absolute atomic E-state index is 0.0566. The number of aromatic nitrogens is 4. The first-order valence-electron chi connectivity index (χ1n) is 9.37. The summed E-state index contributed by atoms with van der Waals surface area (Å²) < 4.78 is 5.67. The van der Waals surface area contributed by atoms with Crippen LogP contribution in [-0.2, 0) is 13.0 Å². The molecule has 11 nitrogen and oxygen atoms in total. The van der Waals surface area contributed by atoms with E-state index in [-0.39, 0.29) is 23.7 Å². The highest BCUT2D eigenvalue weighted by molar-refractivity contribution is 5.96. The molecule has 0 saturated carbocycles. The van der Waals surface area contributed by atoms with Gasteiger partial charge in [0.05, 0.1) is 22.5 Å². The number of fused-ring (bicyclic) bond motifs is 1. The number of Topliss-reactive ketones (excluding diaryl/α,β-unsaturated/α-hetero) is 1. The Bertz CT molecular complexity index is 1040. The Morgan fingerprint density at radius 3 is 2.76 bits per heavy atom. The summed E-state index contributed by atoms with van der Waals surface area (Å²) in [6, 6.07) is 4.24. The van der Waals surface area contributed by atoms with Crippen LogP contribution in [0.25, 0.3) is 11.0 Å². The van der Waals surface area contributed by atoms with Crippen LogP contribution in [0.2, 0.25) is 0 Å². The molecule has 0 unspecified atom stereocenters. The Hall–Kier alpha value is -3.18. The average Bonchev–Trinajstić information content (AvgIpc) is 3.34. The van der Waals surface area contributed by atoms with Gasteiger partial charge in [0.25, 0.3) is 5.69 Å². The van der Waals surface area contributed by atoms with Crippen molar-refractivity contribution in [3.63, 3.8) is 0 Å². The molecule has 0 atom stereocenters. The van der Waals surface area contributed by atoms with Gasteiger partial charge in [-0.3, -0.25) is 19.8 Å². The van der Waals surface area contributed by atoms with E-state index in [1.165, 1.54) is 18.2 Å². The maximum atomic E-state index is 12.4. The molecule has 0 bridgehead atoms. The van der Waals surface area contributed by atoms with Gasteiger partial charge in [0.15, 0.2) is 11.6 Å². The Kier molecular flexibility index (Phi) is 5.32. The van der Waals surface area contributed by atoms with Gasteiger partial charge in [-0.05, 0) is 13.1 Å². The molecular formula is C18H21N7O4. The second kappa shape index (κ2) is 8.05. The Morgan fingerprint density at radius 1 is 1.24 bits per heavy atom. The number of benzene rings is 1. The van der Waals surface area contributed by atoms with Gasteiger partial charge in [0.2, 0.25) is 11.8 Å². The minimum Gasteiger partial charge on any atom is -0.424 e. The zero-order chi connectivity index (χ0) is 20.4. The van der Waals surface area contributed by atoms with Crippen molar-refractivity contribution in [1.82, 2.24) is 30.0 Å². The van der Waals surface area contributed by atoms with E-state index in [9.17, 15) is 14.9 Å². The van der Waals surface area contributed by atoms with Gasteiger partial charge in [-0.1, -0.05) is 0 Å². The van der Waals surface area contributed by atoms with E-state index in [1.54, 1.807) is 0 Å². The highest BCUT2D eigenvalue weighted by Gasteiger charge is 2.18. The molecule has 152 valence electrons. The lowest BCUT2D eigenvalue weighted by molar-refractivity contribution is -0.384. The largest absolute Gasteiger partial charge is 0.424 e. The fourth-order valence-electron chi connectivity index (χ4n) is 3.23. The van der Waals surface area contributed by atoms with Gasteiger partial charge < -0.3 is 14.3 Å². The number of nitro benzene ring substituents is 1. The summed E-state index contributed by atoms with van der Waals surface area (Å²) in [6.07, 6.45) is 0.462. The first-order chi connectivity index (χ1) is 14.0. The van der Waals surface area contributed by atoms with E-state index in [0.717, 1.165) is 26.2 Å². The van der Waals surface area contributed by atoms with Crippen LogP contribution in [-0.4, -0.2) is 73.9 Å². The normalized spacial score (nSPS) is 15.8. The van der Waals surface area contributed by atoms with Gasteiger partial charge >= 0.3 is 0 Å². The Morgan fingerprint density at radius 2 is 2.00 bits per heavy atom. The zero-order valence-electron chi connectivity index (χ0n) is 16.0. The van der Waals surface area contributed by atoms with Crippen molar-refractivity contribution in [1.29, 1.82) is 0 Å². The predicted octanol–water partition coefficient (Wildman–Crippen LogP) is 1.42. The summed E-state index contributed by atoms with van der Waals surface area (Å²) in [5.74, 6) is 0.905. The number of non-ortho nitro benzene ring substituents is 1. The average molecular weight is 399 g/mol. The summed E-state index contributed by atoms with van der Waals surface area (Å²) in [5.41, 5.74) is 0.903.